The maximum absolute atomic E-state index is 12.2. The van der Waals surface area contributed by atoms with Crippen LogP contribution in [0.25, 0.3) is 5.57 Å². The monoisotopic (exact) mass is 386 g/mol. The number of amides is 1. The summed E-state index contributed by atoms with van der Waals surface area (Å²) in [5, 5.41) is 2.88. The molecule has 27 heavy (non-hydrogen) atoms. The molecule has 2 aromatic rings. The van der Waals surface area contributed by atoms with E-state index >= 15 is 0 Å². The normalized spacial score (nSPS) is 12.0. The molecule has 1 amide bonds. The van der Waals surface area contributed by atoms with Crippen molar-refractivity contribution in [3.05, 3.63) is 71.8 Å². The van der Waals surface area contributed by atoms with E-state index in [1.54, 1.807) is 37.3 Å². The lowest BCUT2D eigenvalue weighted by Gasteiger charge is -2.08. The number of sulfonamides is 1. The van der Waals surface area contributed by atoms with Crippen LogP contribution in [0.2, 0.25) is 0 Å². The minimum absolute atomic E-state index is 0.123. The van der Waals surface area contributed by atoms with Crippen molar-refractivity contribution in [3.8, 4) is 0 Å². The number of benzene rings is 2. The molecular weight excluding hydrogens is 360 g/mol. The van der Waals surface area contributed by atoms with E-state index in [1.165, 1.54) is 0 Å². The third-order valence-corrected chi connectivity index (χ3v) is 5.67. The second-order valence-corrected chi connectivity index (χ2v) is 7.84. The van der Waals surface area contributed by atoms with E-state index in [0.29, 0.717) is 19.5 Å². The molecule has 0 aromatic heterocycles. The summed E-state index contributed by atoms with van der Waals surface area (Å²) in [5.41, 5.74) is 3.01. The van der Waals surface area contributed by atoms with E-state index in [-0.39, 0.29) is 10.8 Å². The van der Waals surface area contributed by atoms with Crippen LogP contribution in [0.5, 0.6) is 0 Å². The molecule has 6 heteroatoms. The Balaban J connectivity index is 1.90. The predicted molar refractivity (Wildman–Crippen MR) is 109 cm³/mol. The van der Waals surface area contributed by atoms with Crippen LogP contribution in [-0.2, 0) is 21.2 Å². The molecule has 0 aliphatic rings. The second-order valence-electron chi connectivity index (χ2n) is 6.08. The summed E-state index contributed by atoms with van der Waals surface area (Å²) in [6, 6.07) is 16.6. The Morgan fingerprint density at radius 3 is 2.26 bits per heavy atom. The van der Waals surface area contributed by atoms with Gasteiger partial charge in [-0.05, 0) is 41.7 Å². The van der Waals surface area contributed by atoms with Gasteiger partial charge in [0.1, 0.15) is 0 Å². The fraction of sp³-hybridized carbons (Fsp3) is 0.286. The summed E-state index contributed by atoms with van der Waals surface area (Å²) >= 11 is 0. The summed E-state index contributed by atoms with van der Waals surface area (Å²) in [5.74, 6) is -0.123. The van der Waals surface area contributed by atoms with E-state index in [4.69, 9.17) is 0 Å². The van der Waals surface area contributed by atoms with Crippen molar-refractivity contribution in [1.29, 1.82) is 0 Å². The molecule has 2 N–H and O–H groups in total. The maximum Gasteiger partial charge on any atom is 0.244 e. The first kappa shape index (κ1) is 20.9. The summed E-state index contributed by atoms with van der Waals surface area (Å²) in [4.78, 5) is 12.4. The van der Waals surface area contributed by atoms with Crippen LogP contribution in [0.15, 0.2) is 65.6 Å². The van der Waals surface area contributed by atoms with Crippen molar-refractivity contribution in [2.75, 3.05) is 13.1 Å². The standard InChI is InChI=1S/C21H26N2O3S/c1-3-18(19-8-6-5-7-9-19)16-21(24)22-15-14-17-10-12-20(13-11-17)27(25,26)23-4-2/h5-13,16,23H,3-4,14-15H2,1-2H3,(H,22,24)/b18-16+. The van der Waals surface area contributed by atoms with Crippen LogP contribution in [0, 0.1) is 0 Å². The number of nitrogens with one attached hydrogen (secondary N) is 2. The van der Waals surface area contributed by atoms with Gasteiger partial charge in [-0.3, -0.25) is 4.79 Å². The minimum atomic E-state index is -3.43. The van der Waals surface area contributed by atoms with Gasteiger partial charge in [0, 0.05) is 19.2 Å². The van der Waals surface area contributed by atoms with E-state index in [2.05, 4.69) is 10.0 Å². The number of allylic oxidation sites excluding steroid dienone is 1. The average molecular weight is 387 g/mol. The number of rotatable bonds is 9. The molecule has 144 valence electrons. The van der Waals surface area contributed by atoms with Crippen LogP contribution in [0.4, 0.5) is 0 Å². The van der Waals surface area contributed by atoms with Crippen molar-refractivity contribution in [1.82, 2.24) is 10.0 Å². The highest BCUT2D eigenvalue weighted by atomic mass is 32.2. The van der Waals surface area contributed by atoms with Crippen molar-refractivity contribution in [2.24, 2.45) is 0 Å². The molecule has 0 aliphatic carbocycles. The average Bonchev–Trinajstić information content (AvgIpc) is 2.67. The maximum atomic E-state index is 12.2. The van der Waals surface area contributed by atoms with E-state index in [1.807, 2.05) is 37.3 Å². The Kier molecular flexibility index (Phi) is 7.76. The molecule has 0 atom stereocenters. The lowest BCUT2D eigenvalue weighted by atomic mass is 10.0. The molecule has 2 aromatic carbocycles. The van der Waals surface area contributed by atoms with Gasteiger partial charge in [-0.2, -0.15) is 0 Å². The highest BCUT2D eigenvalue weighted by molar-refractivity contribution is 7.89. The zero-order valence-electron chi connectivity index (χ0n) is 15.7. The molecule has 0 saturated carbocycles. The molecule has 0 fully saturated rings. The molecule has 0 spiro atoms. The van der Waals surface area contributed by atoms with Crippen LogP contribution in [-0.4, -0.2) is 27.4 Å². The largest absolute Gasteiger partial charge is 0.352 e. The van der Waals surface area contributed by atoms with Gasteiger partial charge in [0.15, 0.2) is 0 Å². The van der Waals surface area contributed by atoms with Gasteiger partial charge < -0.3 is 5.32 Å². The van der Waals surface area contributed by atoms with Crippen LogP contribution < -0.4 is 10.0 Å². The molecule has 0 heterocycles. The summed E-state index contributed by atoms with van der Waals surface area (Å²) < 4.78 is 26.3. The summed E-state index contributed by atoms with van der Waals surface area (Å²) in [6.07, 6.45) is 3.05. The first-order chi connectivity index (χ1) is 13.0. The third kappa shape index (κ3) is 6.34. The van der Waals surface area contributed by atoms with Crippen LogP contribution in [0.1, 0.15) is 31.4 Å². The van der Waals surface area contributed by atoms with E-state index in [9.17, 15) is 13.2 Å². The van der Waals surface area contributed by atoms with E-state index < -0.39 is 10.0 Å². The fourth-order valence-electron chi connectivity index (χ4n) is 2.69. The first-order valence-electron chi connectivity index (χ1n) is 9.08. The van der Waals surface area contributed by atoms with Crippen molar-refractivity contribution >= 4 is 21.5 Å². The number of hydrogen-bond donors (Lipinski definition) is 2. The number of hydrogen-bond acceptors (Lipinski definition) is 3. The van der Waals surface area contributed by atoms with Gasteiger partial charge in [0.2, 0.25) is 15.9 Å². The Morgan fingerprint density at radius 2 is 1.67 bits per heavy atom. The molecule has 0 bridgehead atoms. The predicted octanol–water partition coefficient (Wildman–Crippen LogP) is 3.14. The van der Waals surface area contributed by atoms with Crippen molar-refractivity contribution in [2.45, 2.75) is 31.6 Å². The highest BCUT2D eigenvalue weighted by Crippen LogP contribution is 2.17. The highest BCUT2D eigenvalue weighted by Gasteiger charge is 2.11. The van der Waals surface area contributed by atoms with Gasteiger partial charge in [-0.25, -0.2) is 13.1 Å². The number of carbonyl (C=O) groups is 1. The molecule has 0 radical (unpaired) electrons. The Hall–Kier alpha value is -2.44. The third-order valence-electron chi connectivity index (χ3n) is 4.11. The van der Waals surface area contributed by atoms with Crippen molar-refractivity contribution < 1.29 is 13.2 Å². The number of carbonyl (C=O) groups excluding carboxylic acids is 1. The van der Waals surface area contributed by atoms with Gasteiger partial charge in [-0.1, -0.05) is 56.3 Å². The zero-order chi connectivity index (χ0) is 19.7. The lowest BCUT2D eigenvalue weighted by molar-refractivity contribution is -0.116. The summed E-state index contributed by atoms with van der Waals surface area (Å²) in [6.45, 7) is 4.60. The van der Waals surface area contributed by atoms with Crippen molar-refractivity contribution in [3.63, 3.8) is 0 Å². The van der Waals surface area contributed by atoms with Gasteiger partial charge in [0.25, 0.3) is 0 Å². The zero-order valence-corrected chi connectivity index (χ0v) is 16.6. The Labute approximate surface area is 161 Å². The van der Waals surface area contributed by atoms with Gasteiger partial charge in [-0.15, -0.1) is 0 Å². The Morgan fingerprint density at radius 1 is 1.00 bits per heavy atom. The topological polar surface area (TPSA) is 75.3 Å². The molecule has 0 saturated heterocycles. The fourth-order valence-corrected chi connectivity index (χ4v) is 3.73. The SMILES string of the molecule is CCNS(=O)(=O)c1ccc(CCNC(=O)/C=C(\CC)c2ccccc2)cc1. The molecule has 2 rings (SSSR count). The molecular formula is C21H26N2O3S. The molecule has 0 unspecified atom stereocenters. The Bertz CT molecular complexity index is 873. The van der Waals surface area contributed by atoms with Crippen LogP contribution >= 0.6 is 0 Å². The van der Waals surface area contributed by atoms with Crippen LogP contribution in [0.3, 0.4) is 0 Å². The lowest BCUT2D eigenvalue weighted by Crippen LogP contribution is -2.24. The smallest absolute Gasteiger partial charge is 0.244 e. The van der Waals surface area contributed by atoms with E-state index in [0.717, 1.165) is 23.1 Å². The summed E-state index contributed by atoms with van der Waals surface area (Å²) in [7, 11) is -3.43. The molecule has 5 nitrogen and oxygen atoms in total. The minimum Gasteiger partial charge on any atom is -0.352 e. The van der Waals surface area contributed by atoms with Gasteiger partial charge in [0.05, 0.1) is 4.90 Å². The molecule has 0 aliphatic heterocycles. The second kappa shape index (κ2) is 10.0. The first-order valence-corrected chi connectivity index (χ1v) is 10.6. The quantitative estimate of drug-likeness (QED) is 0.650. The van der Waals surface area contributed by atoms with Gasteiger partial charge >= 0.3 is 0 Å².